The number of rotatable bonds is 2. The molecule has 0 aliphatic carbocycles. The summed E-state index contributed by atoms with van der Waals surface area (Å²) >= 11 is 0. The first-order chi connectivity index (χ1) is 6.91. The standard InChI is InChI=1S/C12H24N2O.ClH/c1-9(12(2,3)4)11(15)14-10-6-5-7-13-8-10;/h9-10,13H,5-8H2,1-4H3,(H,14,15);1H/t9?,10-;/m1./s1. The van der Waals surface area contributed by atoms with Gasteiger partial charge in [-0.05, 0) is 24.8 Å². The molecule has 4 heteroatoms. The lowest BCUT2D eigenvalue weighted by Gasteiger charge is -2.30. The Bertz CT molecular complexity index is 220. The van der Waals surface area contributed by atoms with Gasteiger partial charge in [0, 0.05) is 18.5 Å². The number of carbonyl (C=O) groups excluding carboxylic acids is 1. The van der Waals surface area contributed by atoms with E-state index < -0.39 is 0 Å². The quantitative estimate of drug-likeness (QED) is 0.785. The average Bonchev–Trinajstić information content (AvgIpc) is 2.16. The predicted molar refractivity (Wildman–Crippen MR) is 69.9 cm³/mol. The van der Waals surface area contributed by atoms with Crippen molar-refractivity contribution >= 4 is 18.3 Å². The lowest BCUT2D eigenvalue weighted by molar-refractivity contribution is -0.128. The maximum Gasteiger partial charge on any atom is 0.223 e. The van der Waals surface area contributed by atoms with Gasteiger partial charge in [0.25, 0.3) is 0 Å². The Kier molecular flexibility index (Phi) is 6.34. The SMILES string of the molecule is CC(C(=O)N[C@@H]1CCCNC1)C(C)(C)C.Cl. The Hall–Kier alpha value is -0.280. The van der Waals surface area contributed by atoms with Crippen LogP contribution in [0.3, 0.4) is 0 Å². The Morgan fingerprint density at radius 2 is 2.06 bits per heavy atom. The van der Waals surface area contributed by atoms with E-state index in [0.29, 0.717) is 6.04 Å². The summed E-state index contributed by atoms with van der Waals surface area (Å²) in [4.78, 5) is 11.9. The Morgan fingerprint density at radius 1 is 1.44 bits per heavy atom. The van der Waals surface area contributed by atoms with E-state index in [1.807, 2.05) is 6.92 Å². The molecule has 0 spiro atoms. The van der Waals surface area contributed by atoms with Crippen molar-refractivity contribution in [2.45, 2.75) is 46.6 Å². The van der Waals surface area contributed by atoms with E-state index in [1.54, 1.807) is 0 Å². The molecule has 1 unspecified atom stereocenters. The molecule has 1 rings (SSSR count). The van der Waals surface area contributed by atoms with Gasteiger partial charge in [-0.15, -0.1) is 12.4 Å². The average molecular weight is 249 g/mol. The van der Waals surface area contributed by atoms with Gasteiger partial charge in [0.2, 0.25) is 5.91 Å². The van der Waals surface area contributed by atoms with Crippen LogP contribution in [0, 0.1) is 11.3 Å². The summed E-state index contributed by atoms with van der Waals surface area (Å²) in [5.41, 5.74) is 0.0478. The minimum atomic E-state index is 0. The first-order valence-electron chi connectivity index (χ1n) is 5.92. The van der Waals surface area contributed by atoms with Gasteiger partial charge in [0.05, 0.1) is 0 Å². The fourth-order valence-electron chi connectivity index (χ4n) is 1.69. The van der Waals surface area contributed by atoms with Crippen LogP contribution in [-0.4, -0.2) is 25.0 Å². The highest BCUT2D eigenvalue weighted by atomic mass is 35.5. The zero-order chi connectivity index (χ0) is 11.5. The topological polar surface area (TPSA) is 41.1 Å². The van der Waals surface area contributed by atoms with Crippen LogP contribution in [0.15, 0.2) is 0 Å². The van der Waals surface area contributed by atoms with Gasteiger partial charge in [-0.1, -0.05) is 27.7 Å². The van der Waals surface area contributed by atoms with Crippen molar-refractivity contribution in [3.63, 3.8) is 0 Å². The van der Waals surface area contributed by atoms with Gasteiger partial charge in [0.15, 0.2) is 0 Å². The van der Waals surface area contributed by atoms with Crippen LogP contribution in [0.4, 0.5) is 0 Å². The highest BCUT2D eigenvalue weighted by Crippen LogP contribution is 2.25. The molecule has 0 aromatic rings. The van der Waals surface area contributed by atoms with Gasteiger partial charge in [-0.2, -0.15) is 0 Å². The molecule has 1 aliphatic rings. The van der Waals surface area contributed by atoms with Crippen molar-refractivity contribution in [2.75, 3.05) is 13.1 Å². The molecule has 0 bridgehead atoms. The molecule has 0 saturated carbocycles. The fourth-order valence-corrected chi connectivity index (χ4v) is 1.69. The summed E-state index contributed by atoms with van der Waals surface area (Å²) in [6.07, 6.45) is 2.27. The van der Waals surface area contributed by atoms with Crippen LogP contribution >= 0.6 is 12.4 Å². The number of nitrogens with one attached hydrogen (secondary N) is 2. The Labute approximate surface area is 105 Å². The number of piperidine rings is 1. The van der Waals surface area contributed by atoms with Crippen molar-refractivity contribution in [1.82, 2.24) is 10.6 Å². The number of carbonyl (C=O) groups is 1. The molecule has 2 atom stereocenters. The summed E-state index contributed by atoms with van der Waals surface area (Å²) in [5.74, 6) is 0.260. The molecule has 2 N–H and O–H groups in total. The zero-order valence-corrected chi connectivity index (χ0v) is 11.6. The first-order valence-corrected chi connectivity index (χ1v) is 5.92. The highest BCUT2D eigenvalue weighted by molar-refractivity contribution is 5.85. The lowest BCUT2D eigenvalue weighted by Crippen LogP contribution is -2.48. The molecular formula is C12H25ClN2O. The van der Waals surface area contributed by atoms with Crippen molar-refractivity contribution in [3.05, 3.63) is 0 Å². The molecule has 1 aliphatic heterocycles. The molecule has 16 heavy (non-hydrogen) atoms. The molecule has 96 valence electrons. The van der Waals surface area contributed by atoms with Crippen LogP contribution in [0.2, 0.25) is 0 Å². The van der Waals surface area contributed by atoms with Crippen LogP contribution in [0.25, 0.3) is 0 Å². The summed E-state index contributed by atoms with van der Waals surface area (Å²) < 4.78 is 0. The molecule has 0 aromatic carbocycles. The van der Waals surface area contributed by atoms with E-state index in [9.17, 15) is 4.79 Å². The van der Waals surface area contributed by atoms with E-state index >= 15 is 0 Å². The van der Waals surface area contributed by atoms with Crippen molar-refractivity contribution in [2.24, 2.45) is 11.3 Å². The smallest absolute Gasteiger partial charge is 0.223 e. The second-order valence-corrected chi connectivity index (χ2v) is 5.64. The highest BCUT2D eigenvalue weighted by Gasteiger charge is 2.28. The van der Waals surface area contributed by atoms with Gasteiger partial charge in [0.1, 0.15) is 0 Å². The number of halogens is 1. The minimum Gasteiger partial charge on any atom is -0.352 e. The van der Waals surface area contributed by atoms with Crippen LogP contribution in [-0.2, 0) is 4.79 Å². The largest absolute Gasteiger partial charge is 0.352 e. The van der Waals surface area contributed by atoms with E-state index in [2.05, 4.69) is 31.4 Å². The molecule has 1 amide bonds. The fraction of sp³-hybridized carbons (Fsp3) is 0.917. The van der Waals surface area contributed by atoms with E-state index in [-0.39, 0.29) is 29.6 Å². The van der Waals surface area contributed by atoms with Crippen LogP contribution in [0.5, 0.6) is 0 Å². The van der Waals surface area contributed by atoms with E-state index in [4.69, 9.17) is 0 Å². The van der Waals surface area contributed by atoms with Crippen molar-refractivity contribution < 1.29 is 4.79 Å². The summed E-state index contributed by atoms with van der Waals surface area (Å²) in [6.45, 7) is 10.3. The molecule has 0 radical (unpaired) electrons. The molecule has 1 heterocycles. The molecule has 0 aromatic heterocycles. The molecule has 1 saturated heterocycles. The second kappa shape index (κ2) is 6.45. The van der Waals surface area contributed by atoms with Crippen LogP contribution < -0.4 is 10.6 Å². The molecule has 1 fully saturated rings. The van der Waals surface area contributed by atoms with Crippen molar-refractivity contribution in [3.8, 4) is 0 Å². The lowest BCUT2D eigenvalue weighted by atomic mass is 9.81. The minimum absolute atomic E-state index is 0. The number of hydrogen-bond acceptors (Lipinski definition) is 2. The second-order valence-electron chi connectivity index (χ2n) is 5.64. The van der Waals surface area contributed by atoms with Crippen LogP contribution in [0.1, 0.15) is 40.5 Å². The van der Waals surface area contributed by atoms with Gasteiger partial charge in [-0.3, -0.25) is 4.79 Å². The summed E-state index contributed by atoms with van der Waals surface area (Å²) in [5, 5.41) is 6.43. The summed E-state index contributed by atoms with van der Waals surface area (Å²) in [6, 6.07) is 0.330. The van der Waals surface area contributed by atoms with Gasteiger partial charge >= 0.3 is 0 Å². The third kappa shape index (κ3) is 4.71. The summed E-state index contributed by atoms with van der Waals surface area (Å²) in [7, 11) is 0. The van der Waals surface area contributed by atoms with Gasteiger partial charge in [-0.25, -0.2) is 0 Å². The maximum atomic E-state index is 11.9. The Morgan fingerprint density at radius 3 is 2.50 bits per heavy atom. The maximum absolute atomic E-state index is 11.9. The predicted octanol–water partition coefficient (Wildman–Crippen LogP) is 1.96. The third-order valence-corrected chi connectivity index (χ3v) is 3.34. The van der Waals surface area contributed by atoms with Crippen molar-refractivity contribution in [1.29, 1.82) is 0 Å². The van der Waals surface area contributed by atoms with E-state index in [1.165, 1.54) is 0 Å². The first kappa shape index (κ1) is 15.7. The van der Waals surface area contributed by atoms with E-state index in [0.717, 1.165) is 25.9 Å². The zero-order valence-electron chi connectivity index (χ0n) is 10.8. The molecular weight excluding hydrogens is 224 g/mol. The Balaban J connectivity index is 0.00000225. The molecule has 3 nitrogen and oxygen atoms in total. The monoisotopic (exact) mass is 248 g/mol. The van der Waals surface area contributed by atoms with Gasteiger partial charge < -0.3 is 10.6 Å². The normalized spacial score (nSPS) is 23.1. The third-order valence-electron chi connectivity index (χ3n) is 3.34. The number of hydrogen-bond donors (Lipinski definition) is 2. The number of amides is 1.